The Morgan fingerprint density at radius 1 is 1.06 bits per heavy atom. The lowest BCUT2D eigenvalue weighted by molar-refractivity contribution is 0.0600. The number of carbonyl (C=O) groups is 2. The monoisotopic (exact) mass is 661 g/mol. The zero-order chi connectivity index (χ0) is 34.3. The van der Waals surface area contributed by atoms with E-state index in [1.807, 2.05) is 18.2 Å². The van der Waals surface area contributed by atoms with Crippen LogP contribution < -0.4 is 15.8 Å². The highest BCUT2D eigenvalue weighted by molar-refractivity contribution is 6.01. The molecule has 3 aromatic carbocycles. The van der Waals surface area contributed by atoms with Gasteiger partial charge in [0, 0.05) is 27.6 Å². The molecule has 5 aromatic rings. The molecule has 0 radical (unpaired) electrons. The Hall–Kier alpha value is -4.63. The van der Waals surface area contributed by atoms with E-state index in [0.29, 0.717) is 54.4 Å². The number of H-pyrrole nitrogens is 1. The Bertz CT molecular complexity index is 2030. The van der Waals surface area contributed by atoms with Crippen molar-refractivity contribution in [3.63, 3.8) is 0 Å². The van der Waals surface area contributed by atoms with Crippen LogP contribution in [-0.2, 0) is 16.8 Å². The number of aromatic nitrogens is 3. The molecule has 0 spiro atoms. The molecule has 1 fully saturated rings. The van der Waals surface area contributed by atoms with Crippen molar-refractivity contribution in [3.05, 3.63) is 83.2 Å². The third kappa shape index (κ3) is 6.09. The minimum Gasteiger partial charge on any atom is -0.491 e. The lowest BCUT2D eigenvalue weighted by atomic mass is 9.73. The van der Waals surface area contributed by atoms with E-state index in [0.717, 1.165) is 41.6 Å². The number of fused-ring (bicyclic) bond motifs is 6. The number of methoxy groups -OCH3 is 1. The van der Waals surface area contributed by atoms with E-state index in [1.54, 1.807) is 12.1 Å². The van der Waals surface area contributed by atoms with Crippen LogP contribution in [-0.4, -0.2) is 45.7 Å². The second-order valence-corrected chi connectivity index (χ2v) is 14.4. The van der Waals surface area contributed by atoms with E-state index in [4.69, 9.17) is 20.2 Å². The van der Waals surface area contributed by atoms with Gasteiger partial charge in [-0.15, -0.1) is 0 Å². The van der Waals surface area contributed by atoms with Crippen LogP contribution in [0.2, 0.25) is 0 Å². The van der Waals surface area contributed by atoms with E-state index in [9.17, 15) is 9.59 Å². The number of carbonyl (C=O) groups excluding carboxylic acids is 2. The number of hydrogen-bond donors (Lipinski definition) is 3. The first-order chi connectivity index (χ1) is 23.6. The Balaban J connectivity index is 1.29. The zero-order valence-electron chi connectivity index (χ0n) is 29.0. The predicted molar refractivity (Wildman–Crippen MR) is 193 cm³/mol. The van der Waals surface area contributed by atoms with Crippen molar-refractivity contribution in [1.82, 2.24) is 19.9 Å². The van der Waals surface area contributed by atoms with Gasteiger partial charge in [-0.3, -0.25) is 4.79 Å². The molecule has 2 aliphatic rings. The zero-order valence-corrected chi connectivity index (χ0v) is 29.0. The molecule has 3 heterocycles. The number of nitrogens with two attached hydrogens (primary N) is 1. The number of nitrogens with one attached hydrogen (secondary N) is 2. The summed E-state index contributed by atoms with van der Waals surface area (Å²) in [7, 11) is 1.37. The smallest absolute Gasteiger partial charge is 0.337 e. The number of ether oxygens (including phenoxy) is 2. The summed E-state index contributed by atoms with van der Waals surface area (Å²) in [4.78, 5) is 35.0. The van der Waals surface area contributed by atoms with Crippen molar-refractivity contribution in [1.29, 1.82) is 0 Å². The number of amides is 1. The maximum Gasteiger partial charge on any atom is 0.337 e. The Morgan fingerprint density at radius 2 is 1.84 bits per heavy atom. The number of para-hydroxylation sites is 1. The highest BCUT2D eigenvalue weighted by Crippen LogP contribution is 2.45. The van der Waals surface area contributed by atoms with E-state index < -0.39 is 11.5 Å². The molecule has 1 atom stereocenters. The summed E-state index contributed by atoms with van der Waals surface area (Å²) in [5, 5.41) is 4.63. The number of unbranched alkanes of at least 4 members (excludes halogenated alkanes) is 2. The summed E-state index contributed by atoms with van der Waals surface area (Å²) in [5.41, 5.74) is 12.7. The van der Waals surface area contributed by atoms with Crippen LogP contribution in [0.3, 0.4) is 0 Å². The van der Waals surface area contributed by atoms with Gasteiger partial charge >= 0.3 is 5.97 Å². The first kappa shape index (κ1) is 32.9. The van der Waals surface area contributed by atoms with Gasteiger partial charge in [-0.25, -0.2) is 9.78 Å². The molecule has 1 aliphatic carbocycles. The lowest BCUT2D eigenvalue weighted by Crippen LogP contribution is -2.53. The number of rotatable bonds is 9. The summed E-state index contributed by atoms with van der Waals surface area (Å²) in [6.45, 7) is 7.89. The molecule has 9 heteroatoms. The van der Waals surface area contributed by atoms with Gasteiger partial charge in [-0.1, -0.05) is 51.3 Å². The lowest BCUT2D eigenvalue weighted by Gasteiger charge is -2.42. The van der Waals surface area contributed by atoms with Gasteiger partial charge in [0.2, 0.25) is 0 Å². The van der Waals surface area contributed by atoms with E-state index in [2.05, 4.69) is 66.0 Å². The molecule has 9 nitrogen and oxygen atoms in total. The van der Waals surface area contributed by atoms with Crippen LogP contribution in [0.25, 0.3) is 33.2 Å². The number of benzene rings is 3. The standard InChI is InChI=1S/C40H47N5O4/c1-5-6-7-10-25(2)34-28-15-13-26(24-32(28)45-21-22-49-33-12-9-8-11-29(33)35(34)45)36(46)44-40(19-17-39(3,41)18-20-40)38-42-30-16-14-27(37(47)48-4)23-31(30)43-38/h8-9,11-16,23-25H,5-7,10,17-22,41H2,1-4H3,(H,42,43)(H,44,46). The van der Waals surface area contributed by atoms with Crippen LogP contribution in [0.5, 0.6) is 5.75 Å². The quantitative estimate of drug-likeness (QED) is 0.109. The fourth-order valence-electron chi connectivity index (χ4n) is 7.86. The SMILES string of the molecule is CCCCCC(C)c1c2n(c3cc(C(=O)NC4(c5nc6ccc(C(=O)OC)cc6[nH]5)CCC(C)(N)CC4)ccc13)CCOc1ccccc1-2. The van der Waals surface area contributed by atoms with Gasteiger partial charge in [0.25, 0.3) is 5.91 Å². The minimum atomic E-state index is -0.753. The average molecular weight is 662 g/mol. The second-order valence-electron chi connectivity index (χ2n) is 14.4. The van der Waals surface area contributed by atoms with Crippen LogP contribution in [0.1, 0.15) is 110 Å². The van der Waals surface area contributed by atoms with Gasteiger partial charge in [0.1, 0.15) is 18.2 Å². The molecule has 7 rings (SSSR count). The van der Waals surface area contributed by atoms with E-state index in [-0.39, 0.29) is 11.4 Å². The first-order valence-corrected chi connectivity index (χ1v) is 17.7. The highest BCUT2D eigenvalue weighted by Gasteiger charge is 2.43. The van der Waals surface area contributed by atoms with Crippen LogP contribution >= 0.6 is 0 Å². The van der Waals surface area contributed by atoms with Crippen LogP contribution in [0, 0.1) is 0 Å². The van der Waals surface area contributed by atoms with Crippen molar-refractivity contribution in [2.75, 3.05) is 13.7 Å². The van der Waals surface area contributed by atoms with Crippen molar-refractivity contribution >= 4 is 33.8 Å². The molecular weight excluding hydrogens is 614 g/mol. The minimum absolute atomic E-state index is 0.156. The highest BCUT2D eigenvalue weighted by atomic mass is 16.5. The molecule has 4 N–H and O–H groups in total. The average Bonchev–Trinajstić information content (AvgIpc) is 3.62. The number of hydrogen-bond acceptors (Lipinski definition) is 6. The third-order valence-corrected chi connectivity index (χ3v) is 10.8. The molecular formula is C40H47N5O4. The van der Waals surface area contributed by atoms with Gasteiger partial charge in [-0.05, 0) is 93.0 Å². The second kappa shape index (κ2) is 13.0. The largest absolute Gasteiger partial charge is 0.491 e. The normalized spacial score (nSPS) is 21.0. The summed E-state index contributed by atoms with van der Waals surface area (Å²) in [5.74, 6) is 1.35. The summed E-state index contributed by atoms with van der Waals surface area (Å²) in [6, 6.07) is 19.7. The van der Waals surface area contributed by atoms with Crippen molar-refractivity contribution in [3.8, 4) is 17.0 Å². The number of nitrogens with zero attached hydrogens (tertiary/aromatic N) is 2. The van der Waals surface area contributed by atoms with Crippen molar-refractivity contribution in [2.45, 2.75) is 95.7 Å². The number of imidazole rings is 1. The molecule has 1 unspecified atom stereocenters. The van der Waals surface area contributed by atoms with Crippen molar-refractivity contribution in [2.24, 2.45) is 5.73 Å². The van der Waals surface area contributed by atoms with E-state index in [1.165, 1.54) is 43.0 Å². The fraction of sp³-hybridized carbons (Fsp3) is 0.425. The van der Waals surface area contributed by atoms with Gasteiger partial charge < -0.3 is 30.1 Å². The molecule has 0 saturated heterocycles. The molecule has 0 bridgehead atoms. The summed E-state index contributed by atoms with van der Waals surface area (Å²) >= 11 is 0. The topological polar surface area (TPSA) is 124 Å². The summed E-state index contributed by atoms with van der Waals surface area (Å²) < 4.78 is 13.5. The van der Waals surface area contributed by atoms with Crippen LogP contribution in [0.4, 0.5) is 0 Å². The molecule has 256 valence electrons. The molecule has 2 aromatic heterocycles. The Morgan fingerprint density at radius 3 is 2.61 bits per heavy atom. The Kier molecular flexibility index (Phi) is 8.73. The van der Waals surface area contributed by atoms with Gasteiger partial charge in [-0.2, -0.15) is 0 Å². The molecule has 1 saturated carbocycles. The Labute approximate surface area is 287 Å². The van der Waals surface area contributed by atoms with E-state index >= 15 is 0 Å². The number of aromatic amines is 1. The first-order valence-electron chi connectivity index (χ1n) is 17.7. The maximum atomic E-state index is 14.4. The maximum absolute atomic E-state index is 14.4. The fourth-order valence-corrected chi connectivity index (χ4v) is 7.86. The van der Waals surface area contributed by atoms with Gasteiger partial charge in [0.05, 0.1) is 41.5 Å². The number of esters is 1. The predicted octanol–water partition coefficient (Wildman–Crippen LogP) is 7.96. The summed E-state index contributed by atoms with van der Waals surface area (Å²) in [6.07, 6.45) is 7.39. The molecule has 1 aliphatic heterocycles. The van der Waals surface area contributed by atoms with Crippen LogP contribution in [0.15, 0.2) is 60.7 Å². The molecule has 1 amide bonds. The van der Waals surface area contributed by atoms with Crippen molar-refractivity contribution < 1.29 is 19.1 Å². The molecule has 49 heavy (non-hydrogen) atoms. The van der Waals surface area contributed by atoms with Gasteiger partial charge in [0.15, 0.2) is 0 Å². The third-order valence-electron chi connectivity index (χ3n) is 10.8.